The van der Waals surface area contributed by atoms with Crippen molar-refractivity contribution in [1.82, 2.24) is 5.32 Å². The molecule has 0 saturated heterocycles. The topological polar surface area (TPSA) is 79.8 Å². The maximum Gasteiger partial charge on any atom is 0.319 e. The van der Waals surface area contributed by atoms with Gasteiger partial charge < -0.3 is 25.2 Å². The van der Waals surface area contributed by atoms with Gasteiger partial charge in [-0.2, -0.15) is 0 Å². The molecule has 0 aliphatic rings. The highest BCUT2D eigenvalue weighted by atomic mass is 19.1. The van der Waals surface area contributed by atoms with Gasteiger partial charge in [-0.25, -0.2) is 13.6 Å². The second-order valence-corrected chi connectivity index (χ2v) is 5.10. The molecule has 0 aliphatic carbocycles. The highest BCUT2D eigenvalue weighted by Crippen LogP contribution is 2.17. The van der Waals surface area contributed by atoms with Gasteiger partial charge in [-0.3, -0.25) is 0 Å². The van der Waals surface area contributed by atoms with E-state index in [4.69, 9.17) is 9.47 Å². The van der Waals surface area contributed by atoms with Crippen molar-refractivity contribution >= 4 is 11.7 Å². The van der Waals surface area contributed by atoms with Gasteiger partial charge in [0.1, 0.15) is 35.8 Å². The van der Waals surface area contributed by atoms with Crippen molar-refractivity contribution in [1.29, 1.82) is 0 Å². The second kappa shape index (κ2) is 8.84. The quantitative estimate of drug-likeness (QED) is 0.715. The summed E-state index contributed by atoms with van der Waals surface area (Å²) in [5, 5.41) is 14.4. The summed E-state index contributed by atoms with van der Waals surface area (Å²) < 4.78 is 36.6. The van der Waals surface area contributed by atoms with Crippen LogP contribution in [0.2, 0.25) is 0 Å². The SMILES string of the molecule is COc1ccc(OC[C@H](O)CNC(=O)Nc2ccc(F)cc2F)cc1. The lowest BCUT2D eigenvalue weighted by molar-refractivity contribution is 0.108. The summed E-state index contributed by atoms with van der Waals surface area (Å²) >= 11 is 0. The number of anilines is 1. The number of halogens is 2. The molecule has 0 aliphatic heterocycles. The number of methoxy groups -OCH3 is 1. The summed E-state index contributed by atoms with van der Waals surface area (Å²) in [6.07, 6.45) is -0.967. The Morgan fingerprint density at radius 3 is 2.48 bits per heavy atom. The van der Waals surface area contributed by atoms with Gasteiger partial charge >= 0.3 is 6.03 Å². The minimum Gasteiger partial charge on any atom is -0.497 e. The Morgan fingerprint density at radius 1 is 1.16 bits per heavy atom. The first-order valence-corrected chi connectivity index (χ1v) is 7.42. The van der Waals surface area contributed by atoms with E-state index in [-0.39, 0.29) is 18.8 Å². The first-order chi connectivity index (χ1) is 12.0. The fraction of sp³-hybridized carbons (Fsp3) is 0.235. The van der Waals surface area contributed by atoms with E-state index in [9.17, 15) is 18.7 Å². The largest absolute Gasteiger partial charge is 0.497 e. The standard InChI is InChI=1S/C17H18F2N2O4/c1-24-13-3-5-14(6-4-13)25-10-12(22)9-20-17(23)21-16-7-2-11(18)8-15(16)19/h2-8,12,22H,9-10H2,1H3,(H2,20,21,23)/t12-/m1/s1. The van der Waals surface area contributed by atoms with Gasteiger partial charge in [-0.15, -0.1) is 0 Å². The molecule has 6 nitrogen and oxygen atoms in total. The van der Waals surface area contributed by atoms with Gasteiger partial charge in [0.05, 0.1) is 12.8 Å². The van der Waals surface area contributed by atoms with Crippen LogP contribution in [0.4, 0.5) is 19.3 Å². The number of nitrogens with one attached hydrogen (secondary N) is 2. The highest BCUT2D eigenvalue weighted by Gasteiger charge is 2.10. The molecule has 2 rings (SSSR count). The predicted octanol–water partition coefficient (Wildman–Crippen LogP) is 2.53. The molecule has 0 bridgehead atoms. The van der Waals surface area contributed by atoms with Crippen LogP contribution in [0.25, 0.3) is 0 Å². The van der Waals surface area contributed by atoms with Crippen LogP contribution in [0.5, 0.6) is 11.5 Å². The maximum atomic E-state index is 13.4. The molecule has 0 saturated carbocycles. The third kappa shape index (κ3) is 5.92. The van der Waals surface area contributed by atoms with Gasteiger partial charge in [-0.05, 0) is 36.4 Å². The first-order valence-electron chi connectivity index (χ1n) is 7.42. The van der Waals surface area contributed by atoms with Crippen molar-refractivity contribution in [2.75, 3.05) is 25.6 Å². The van der Waals surface area contributed by atoms with Crippen LogP contribution in [0.1, 0.15) is 0 Å². The monoisotopic (exact) mass is 352 g/mol. The minimum atomic E-state index is -0.967. The number of carbonyl (C=O) groups is 1. The van der Waals surface area contributed by atoms with Crippen LogP contribution >= 0.6 is 0 Å². The van der Waals surface area contributed by atoms with Gasteiger partial charge in [0.25, 0.3) is 0 Å². The molecule has 2 aromatic carbocycles. The summed E-state index contributed by atoms with van der Waals surface area (Å²) in [5.74, 6) is -0.412. The number of hydrogen-bond acceptors (Lipinski definition) is 4. The molecular formula is C17H18F2N2O4. The number of aliphatic hydroxyl groups excluding tert-OH is 1. The lowest BCUT2D eigenvalue weighted by Gasteiger charge is -2.14. The van der Waals surface area contributed by atoms with Crippen LogP contribution in [-0.4, -0.2) is 37.5 Å². The fourth-order valence-corrected chi connectivity index (χ4v) is 1.89. The van der Waals surface area contributed by atoms with Crippen LogP contribution in [0.3, 0.4) is 0 Å². The molecule has 134 valence electrons. The van der Waals surface area contributed by atoms with E-state index in [0.717, 1.165) is 12.1 Å². The summed E-state index contributed by atoms with van der Waals surface area (Å²) in [6, 6.07) is 8.85. The number of rotatable bonds is 7. The van der Waals surface area contributed by atoms with Crippen molar-refractivity contribution in [2.24, 2.45) is 0 Å². The Bertz CT molecular complexity index is 710. The Morgan fingerprint density at radius 2 is 1.84 bits per heavy atom. The maximum absolute atomic E-state index is 13.4. The van der Waals surface area contributed by atoms with E-state index in [1.807, 2.05) is 0 Å². The molecule has 0 radical (unpaired) electrons. The molecular weight excluding hydrogens is 334 g/mol. The summed E-state index contributed by atoms with van der Waals surface area (Å²) in [6.45, 7) is -0.150. The first kappa shape index (κ1) is 18.5. The van der Waals surface area contributed by atoms with Crippen molar-refractivity contribution in [3.63, 3.8) is 0 Å². The zero-order valence-corrected chi connectivity index (χ0v) is 13.5. The van der Waals surface area contributed by atoms with E-state index in [1.54, 1.807) is 31.4 Å². The summed E-state index contributed by atoms with van der Waals surface area (Å²) in [4.78, 5) is 11.7. The Balaban J connectivity index is 1.73. The molecule has 25 heavy (non-hydrogen) atoms. The highest BCUT2D eigenvalue weighted by molar-refractivity contribution is 5.89. The summed E-state index contributed by atoms with van der Waals surface area (Å²) in [7, 11) is 1.55. The van der Waals surface area contributed by atoms with Crippen LogP contribution < -0.4 is 20.1 Å². The third-order valence-electron chi connectivity index (χ3n) is 3.18. The van der Waals surface area contributed by atoms with E-state index in [0.29, 0.717) is 17.6 Å². The molecule has 0 aromatic heterocycles. The number of ether oxygens (including phenoxy) is 2. The van der Waals surface area contributed by atoms with E-state index >= 15 is 0 Å². The van der Waals surface area contributed by atoms with Gasteiger partial charge in [0, 0.05) is 12.6 Å². The normalized spacial score (nSPS) is 11.5. The summed E-state index contributed by atoms with van der Waals surface area (Å²) in [5.41, 5.74) is -0.164. The van der Waals surface area contributed by atoms with Gasteiger partial charge in [0.2, 0.25) is 0 Å². The number of benzene rings is 2. The Kier molecular flexibility index (Phi) is 6.53. The lowest BCUT2D eigenvalue weighted by Crippen LogP contribution is -2.37. The molecule has 0 unspecified atom stereocenters. The van der Waals surface area contributed by atoms with Crippen molar-refractivity contribution < 1.29 is 28.2 Å². The van der Waals surface area contributed by atoms with E-state index < -0.39 is 23.8 Å². The van der Waals surface area contributed by atoms with E-state index in [1.165, 1.54) is 0 Å². The van der Waals surface area contributed by atoms with Crippen molar-refractivity contribution in [3.05, 3.63) is 54.1 Å². The van der Waals surface area contributed by atoms with Gasteiger partial charge in [0.15, 0.2) is 0 Å². The fourth-order valence-electron chi connectivity index (χ4n) is 1.89. The molecule has 0 fully saturated rings. The minimum absolute atomic E-state index is 0.0441. The predicted molar refractivity (Wildman–Crippen MR) is 87.9 cm³/mol. The number of urea groups is 1. The van der Waals surface area contributed by atoms with E-state index in [2.05, 4.69) is 10.6 Å². The zero-order valence-electron chi connectivity index (χ0n) is 13.5. The number of carbonyl (C=O) groups excluding carboxylic acids is 1. The number of hydrogen-bond donors (Lipinski definition) is 3. The Hall–Kier alpha value is -2.87. The second-order valence-electron chi connectivity index (χ2n) is 5.10. The van der Waals surface area contributed by atoms with Gasteiger partial charge in [-0.1, -0.05) is 0 Å². The molecule has 2 aromatic rings. The number of aliphatic hydroxyl groups is 1. The Labute approximate surface area is 143 Å². The molecule has 0 heterocycles. The van der Waals surface area contributed by atoms with Crippen LogP contribution in [-0.2, 0) is 0 Å². The smallest absolute Gasteiger partial charge is 0.319 e. The molecule has 2 amide bonds. The van der Waals surface area contributed by atoms with Crippen molar-refractivity contribution in [2.45, 2.75) is 6.10 Å². The number of amides is 2. The van der Waals surface area contributed by atoms with Crippen molar-refractivity contribution in [3.8, 4) is 11.5 Å². The molecule has 8 heteroatoms. The third-order valence-corrected chi connectivity index (χ3v) is 3.18. The molecule has 3 N–H and O–H groups in total. The van der Waals surface area contributed by atoms with Crippen LogP contribution in [0, 0.1) is 11.6 Å². The average Bonchev–Trinajstić information content (AvgIpc) is 2.61. The van der Waals surface area contributed by atoms with Crippen LogP contribution in [0.15, 0.2) is 42.5 Å². The molecule has 1 atom stereocenters. The lowest BCUT2D eigenvalue weighted by atomic mass is 10.3. The molecule has 0 spiro atoms. The zero-order chi connectivity index (χ0) is 18.2. The average molecular weight is 352 g/mol.